The molecule has 3 aromatic rings. The van der Waals surface area contributed by atoms with Crippen molar-refractivity contribution in [3.05, 3.63) is 83.1 Å². The van der Waals surface area contributed by atoms with Crippen molar-refractivity contribution in [2.75, 3.05) is 6.54 Å². The first kappa shape index (κ1) is 20.0. The van der Waals surface area contributed by atoms with E-state index in [0.29, 0.717) is 23.5 Å². The molecule has 0 unspecified atom stereocenters. The van der Waals surface area contributed by atoms with Gasteiger partial charge in [0.15, 0.2) is 0 Å². The van der Waals surface area contributed by atoms with Gasteiger partial charge in [-0.05, 0) is 55.3 Å². The molecule has 0 saturated heterocycles. The minimum absolute atomic E-state index is 0.0612. The van der Waals surface area contributed by atoms with Crippen LogP contribution in [0.2, 0.25) is 0 Å². The number of nitrogens with one attached hydrogen (secondary N) is 1. The van der Waals surface area contributed by atoms with E-state index in [1.54, 1.807) is 43.3 Å². The number of fused-ring (bicyclic) bond motifs is 1. The number of imide groups is 1. The molecule has 0 spiro atoms. The van der Waals surface area contributed by atoms with Crippen LogP contribution in [0.15, 0.2) is 64.0 Å². The molecule has 0 aliphatic carbocycles. The van der Waals surface area contributed by atoms with E-state index in [4.69, 9.17) is 4.42 Å². The molecule has 0 saturated carbocycles. The summed E-state index contributed by atoms with van der Waals surface area (Å²) in [6.45, 7) is 2.04. The predicted molar refractivity (Wildman–Crippen MR) is 107 cm³/mol. The Balaban J connectivity index is 1.38. The SMILES string of the molecule is Cc1ccc(CNS(=O)(=O)c2ccc(CCN3C(=O)c4cccnc4C3=O)cc2)o1. The molecule has 9 heteroatoms. The zero-order valence-corrected chi connectivity index (χ0v) is 17.0. The van der Waals surface area contributed by atoms with Gasteiger partial charge in [-0.15, -0.1) is 0 Å². The molecule has 4 rings (SSSR count). The maximum Gasteiger partial charge on any atom is 0.280 e. The first-order valence-corrected chi connectivity index (χ1v) is 10.8. The van der Waals surface area contributed by atoms with Crippen LogP contribution < -0.4 is 4.72 Å². The van der Waals surface area contributed by atoms with Gasteiger partial charge in [0.2, 0.25) is 10.0 Å². The highest BCUT2D eigenvalue weighted by Crippen LogP contribution is 2.21. The Labute approximate surface area is 173 Å². The van der Waals surface area contributed by atoms with Crippen LogP contribution in [-0.4, -0.2) is 36.7 Å². The van der Waals surface area contributed by atoms with Gasteiger partial charge >= 0.3 is 0 Å². The number of rotatable bonds is 7. The topological polar surface area (TPSA) is 110 Å². The number of hydrogen-bond acceptors (Lipinski definition) is 6. The van der Waals surface area contributed by atoms with Crippen LogP contribution in [0, 0.1) is 6.92 Å². The fourth-order valence-corrected chi connectivity index (χ4v) is 4.22. The van der Waals surface area contributed by atoms with Crippen LogP contribution >= 0.6 is 0 Å². The first-order chi connectivity index (χ1) is 14.3. The number of aromatic nitrogens is 1. The lowest BCUT2D eigenvalue weighted by Gasteiger charge is -2.13. The smallest absolute Gasteiger partial charge is 0.280 e. The van der Waals surface area contributed by atoms with Gasteiger partial charge in [-0.1, -0.05) is 12.1 Å². The molecule has 0 atom stereocenters. The monoisotopic (exact) mass is 425 g/mol. The second-order valence-corrected chi connectivity index (χ2v) is 8.66. The third kappa shape index (κ3) is 3.89. The number of amides is 2. The van der Waals surface area contributed by atoms with Gasteiger partial charge in [0.05, 0.1) is 17.0 Å². The number of carbonyl (C=O) groups is 2. The van der Waals surface area contributed by atoms with E-state index < -0.39 is 15.9 Å². The highest BCUT2D eigenvalue weighted by atomic mass is 32.2. The number of hydrogen-bond donors (Lipinski definition) is 1. The molecule has 3 heterocycles. The Hall–Kier alpha value is -3.30. The molecule has 1 aliphatic heterocycles. The quantitative estimate of drug-likeness (QED) is 0.582. The normalized spacial score (nSPS) is 13.7. The highest BCUT2D eigenvalue weighted by Gasteiger charge is 2.36. The molecular formula is C21H19N3O5S. The lowest BCUT2D eigenvalue weighted by molar-refractivity contribution is 0.0654. The standard InChI is InChI=1S/C21H19N3O5S/c1-14-4-7-16(29-14)13-23-30(27,28)17-8-5-15(6-9-17)10-12-24-20(25)18-3-2-11-22-19(18)21(24)26/h2-9,11,23H,10,12-13H2,1H3. The summed E-state index contributed by atoms with van der Waals surface area (Å²) in [4.78, 5) is 30.0. The van der Waals surface area contributed by atoms with Gasteiger partial charge in [-0.25, -0.2) is 13.1 Å². The molecule has 1 aromatic carbocycles. The van der Waals surface area contributed by atoms with Crippen LogP contribution in [0.4, 0.5) is 0 Å². The minimum atomic E-state index is -3.69. The summed E-state index contributed by atoms with van der Waals surface area (Å²) in [5, 5.41) is 0. The molecule has 8 nitrogen and oxygen atoms in total. The number of sulfonamides is 1. The molecule has 0 bridgehead atoms. The Morgan fingerprint density at radius 2 is 1.80 bits per heavy atom. The van der Waals surface area contributed by atoms with Gasteiger partial charge in [-0.2, -0.15) is 0 Å². The van der Waals surface area contributed by atoms with E-state index in [0.717, 1.165) is 10.5 Å². The van der Waals surface area contributed by atoms with Gasteiger partial charge < -0.3 is 4.42 Å². The van der Waals surface area contributed by atoms with Crippen LogP contribution in [0.1, 0.15) is 37.9 Å². The first-order valence-electron chi connectivity index (χ1n) is 9.30. The zero-order valence-electron chi connectivity index (χ0n) is 16.2. The van der Waals surface area contributed by atoms with Crippen molar-refractivity contribution in [2.45, 2.75) is 24.8 Å². The largest absolute Gasteiger partial charge is 0.465 e. The third-order valence-electron chi connectivity index (χ3n) is 4.82. The second kappa shape index (κ2) is 7.85. The molecule has 0 fully saturated rings. The molecular weight excluding hydrogens is 406 g/mol. The van der Waals surface area contributed by atoms with E-state index in [9.17, 15) is 18.0 Å². The Morgan fingerprint density at radius 3 is 2.47 bits per heavy atom. The van der Waals surface area contributed by atoms with Crippen LogP contribution in [0.25, 0.3) is 0 Å². The minimum Gasteiger partial charge on any atom is -0.465 e. The van der Waals surface area contributed by atoms with Crippen molar-refractivity contribution in [2.24, 2.45) is 0 Å². The number of benzene rings is 1. The lowest BCUT2D eigenvalue weighted by Crippen LogP contribution is -2.31. The summed E-state index contributed by atoms with van der Waals surface area (Å²) in [7, 11) is -3.69. The van der Waals surface area contributed by atoms with Gasteiger partial charge in [0.1, 0.15) is 17.2 Å². The molecule has 0 radical (unpaired) electrons. The van der Waals surface area contributed by atoms with Crippen molar-refractivity contribution >= 4 is 21.8 Å². The Kier molecular flexibility index (Phi) is 5.23. The van der Waals surface area contributed by atoms with Gasteiger partial charge in [-0.3, -0.25) is 19.5 Å². The number of aryl methyl sites for hydroxylation is 1. The zero-order chi connectivity index (χ0) is 21.3. The molecule has 1 N–H and O–H groups in total. The van der Waals surface area contributed by atoms with Crippen LogP contribution in [0.5, 0.6) is 0 Å². The molecule has 1 aliphatic rings. The van der Waals surface area contributed by atoms with Gasteiger partial charge in [0.25, 0.3) is 11.8 Å². The van der Waals surface area contributed by atoms with E-state index in [-0.39, 0.29) is 29.6 Å². The summed E-state index contributed by atoms with van der Waals surface area (Å²) in [5.41, 5.74) is 1.28. The summed E-state index contributed by atoms with van der Waals surface area (Å²) in [6.07, 6.45) is 1.89. The molecule has 154 valence electrons. The molecule has 30 heavy (non-hydrogen) atoms. The van der Waals surface area contributed by atoms with Crippen LogP contribution in [-0.2, 0) is 23.0 Å². The molecule has 2 aromatic heterocycles. The van der Waals surface area contributed by atoms with Crippen molar-refractivity contribution in [3.63, 3.8) is 0 Å². The average molecular weight is 425 g/mol. The van der Waals surface area contributed by atoms with Crippen molar-refractivity contribution < 1.29 is 22.4 Å². The number of carbonyl (C=O) groups excluding carboxylic acids is 2. The van der Waals surface area contributed by atoms with E-state index in [1.165, 1.54) is 18.3 Å². The third-order valence-corrected chi connectivity index (χ3v) is 6.24. The molecule has 2 amide bonds. The van der Waals surface area contributed by atoms with Crippen molar-refractivity contribution in [1.29, 1.82) is 0 Å². The fourth-order valence-electron chi connectivity index (χ4n) is 3.22. The average Bonchev–Trinajstić information content (AvgIpc) is 3.27. The summed E-state index contributed by atoms with van der Waals surface area (Å²) >= 11 is 0. The van der Waals surface area contributed by atoms with Crippen molar-refractivity contribution in [3.8, 4) is 0 Å². The maximum atomic E-state index is 12.4. The predicted octanol–water partition coefficient (Wildman–Crippen LogP) is 2.30. The summed E-state index contributed by atoms with van der Waals surface area (Å²) < 4.78 is 32.8. The van der Waals surface area contributed by atoms with E-state index in [2.05, 4.69) is 9.71 Å². The maximum absolute atomic E-state index is 12.4. The van der Waals surface area contributed by atoms with E-state index >= 15 is 0 Å². The fraction of sp³-hybridized carbons (Fsp3) is 0.190. The summed E-state index contributed by atoms with van der Waals surface area (Å²) in [6, 6.07) is 13.0. The number of pyridine rings is 1. The van der Waals surface area contributed by atoms with Crippen molar-refractivity contribution in [1.82, 2.24) is 14.6 Å². The number of nitrogens with zero attached hydrogens (tertiary/aromatic N) is 2. The second-order valence-electron chi connectivity index (χ2n) is 6.89. The lowest BCUT2D eigenvalue weighted by atomic mass is 10.1. The van der Waals surface area contributed by atoms with E-state index in [1.807, 2.05) is 0 Å². The highest BCUT2D eigenvalue weighted by molar-refractivity contribution is 7.89. The summed E-state index contributed by atoms with van der Waals surface area (Å²) in [5.74, 6) is 0.470. The Morgan fingerprint density at radius 1 is 1.03 bits per heavy atom. The van der Waals surface area contributed by atoms with Gasteiger partial charge in [0, 0.05) is 12.7 Å². The Bertz CT molecular complexity index is 1180. The number of furan rings is 1. The van der Waals surface area contributed by atoms with Crippen LogP contribution in [0.3, 0.4) is 0 Å².